The van der Waals surface area contributed by atoms with Gasteiger partial charge < -0.3 is 5.73 Å². The molecular weight excluding hydrogens is 110 g/mol. The Labute approximate surface area is 57.9 Å². The van der Waals surface area contributed by atoms with Crippen LogP contribution in [0.5, 0.6) is 0 Å². The van der Waals surface area contributed by atoms with Gasteiger partial charge in [-0.3, -0.25) is 0 Å². The molecule has 0 aromatic heterocycles. The molecule has 0 amide bonds. The second kappa shape index (κ2) is 3.67. The van der Waals surface area contributed by atoms with Crippen LogP contribution in [0, 0.1) is 5.92 Å². The number of hydrogen-bond donors (Lipinski definition) is 1. The van der Waals surface area contributed by atoms with Gasteiger partial charge in [0.1, 0.15) is 0 Å². The van der Waals surface area contributed by atoms with Gasteiger partial charge in [0.15, 0.2) is 0 Å². The molecule has 9 heavy (non-hydrogen) atoms. The fraction of sp³-hybridized carbons (Fsp3) is 0.750. The summed E-state index contributed by atoms with van der Waals surface area (Å²) in [6.45, 7) is 10.2. The fourth-order valence-corrected chi connectivity index (χ4v) is 0.710. The summed E-state index contributed by atoms with van der Waals surface area (Å²) < 4.78 is 0. The Morgan fingerprint density at radius 2 is 1.89 bits per heavy atom. The minimum Gasteiger partial charge on any atom is -0.324 e. The van der Waals surface area contributed by atoms with Crippen LogP contribution in [0.3, 0.4) is 0 Å². The third-order valence-electron chi connectivity index (χ3n) is 1.31. The van der Waals surface area contributed by atoms with E-state index in [0.717, 1.165) is 12.0 Å². The van der Waals surface area contributed by atoms with Gasteiger partial charge in [0.25, 0.3) is 0 Å². The van der Waals surface area contributed by atoms with Gasteiger partial charge in [0.2, 0.25) is 0 Å². The van der Waals surface area contributed by atoms with Crippen molar-refractivity contribution in [1.29, 1.82) is 0 Å². The van der Waals surface area contributed by atoms with Gasteiger partial charge in [-0.05, 0) is 19.3 Å². The number of rotatable bonds is 3. The molecule has 1 nitrogen and oxygen atoms in total. The van der Waals surface area contributed by atoms with Crippen LogP contribution in [0.15, 0.2) is 12.2 Å². The summed E-state index contributed by atoms with van der Waals surface area (Å²) in [7, 11) is 0. The van der Waals surface area contributed by atoms with Crippen molar-refractivity contribution in [3.05, 3.63) is 12.2 Å². The van der Waals surface area contributed by atoms with E-state index in [0.29, 0.717) is 5.92 Å². The Hall–Kier alpha value is -0.300. The van der Waals surface area contributed by atoms with Crippen LogP contribution in [-0.4, -0.2) is 6.04 Å². The Kier molecular flexibility index (Phi) is 3.55. The molecule has 0 saturated carbocycles. The summed E-state index contributed by atoms with van der Waals surface area (Å²) in [5.41, 5.74) is 6.74. The molecule has 1 unspecified atom stereocenters. The van der Waals surface area contributed by atoms with Crippen molar-refractivity contribution < 1.29 is 0 Å². The molecule has 0 spiro atoms. The quantitative estimate of drug-likeness (QED) is 0.576. The average molecular weight is 127 g/mol. The van der Waals surface area contributed by atoms with Crippen LogP contribution < -0.4 is 5.73 Å². The van der Waals surface area contributed by atoms with E-state index >= 15 is 0 Å². The largest absolute Gasteiger partial charge is 0.324 e. The predicted molar refractivity (Wildman–Crippen MR) is 42.2 cm³/mol. The molecule has 0 heterocycles. The van der Waals surface area contributed by atoms with Gasteiger partial charge in [0, 0.05) is 6.04 Å². The summed E-state index contributed by atoms with van der Waals surface area (Å²) in [5.74, 6) is 0.684. The standard InChI is InChI=1S/C8H17N/c1-6(2)5-7(3)8(4)9/h6,8H,3,5,9H2,1-2,4H3. The zero-order chi connectivity index (χ0) is 7.44. The van der Waals surface area contributed by atoms with E-state index in [1.165, 1.54) is 0 Å². The molecule has 54 valence electrons. The first-order valence-electron chi connectivity index (χ1n) is 3.47. The van der Waals surface area contributed by atoms with Crippen LogP contribution in [0.4, 0.5) is 0 Å². The normalized spacial score (nSPS) is 13.9. The van der Waals surface area contributed by atoms with Crippen LogP contribution in [-0.2, 0) is 0 Å². The van der Waals surface area contributed by atoms with Gasteiger partial charge in [-0.15, -0.1) is 0 Å². The molecule has 0 aromatic carbocycles. The summed E-state index contributed by atoms with van der Waals surface area (Å²) in [5, 5.41) is 0. The first-order valence-corrected chi connectivity index (χ1v) is 3.47. The minimum absolute atomic E-state index is 0.160. The Morgan fingerprint density at radius 3 is 2.00 bits per heavy atom. The van der Waals surface area contributed by atoms with Crippen LogP contribution in [0.1, 0.15) is 27.2 Å². The highest BCUT2D eigenvalue weighted by molar-refractivity contribution is 5.02. The van der Waals surface area contributed by atoms with Crippen molar-refractivity contribution in [1.82, 2.24) is 0 Å². The highest BCUT2D eigenvalue weighted by Gasteiger charge is 2.01. The van der Waals surface area contributed by atoms with Gasteiger partial charge in [-0.2, -0.15) is 0 Å². The summed E-state index contributed by atoms with van der Waals surface area (Å²) in [6, 6.07) is 0.160. The maximum Gasteiger partial charge on any atom is 0.0222 e. The van der Waals surface area contributed by atoms with E-state index < -0.39 is 0 Å². The van der Waals surface area contributed by atoms with Crippen LogP contribution in [0.25, 0.3) is 0 Å². The fourth-order valence-electron chi connectivity index (χ4n) is 0.710. The van der Waals surface area contributed by atoms with Gasteiger partial charge in [-0.25, -0.2) is 0 Å². The smallest absolute Gasteiger partial charge is 0.0222 e. The lowest BCUT2D eigenvalue weighted by molar-refractivity contribution is 0.612. The lowest BCUT2D eigenvalue weighted by atomic mass is 10.0. The maximum atomic E-state index is 5.58. The number of nitrogens with two attached hydrogens (primary N) is 1. The van der Waals surface area contributed by atoms with E-state index in [1.54, 1.807) is 0 Å². The molecule has 2 N–H and O–H groups in total. The highest BCUT2D eigenvalue weighted by Crippen LogP contribution is 2.10. The second-order valence-corrected chi connectivity index (χ2v) is 3.04. The molecule has 0 aromatic rings. The van der Waals surface area contributed by atoms with Crippen LogP contribution >= 0.6 is 0 Å². The van der Waals surface area contributed by atoms with Gasteiger partial charge in [0.05, 0.1) is 0 Å². The summed E-state index contributed by atoms with van der Waals surface area (Å²) >= 11 is 0. The van der Waals surface area contributed by atoms with Gasteiger partial charge >= 0.3 is 0 Å². The molecule has 0 radical (unpaired) electrons. The van der Waals surface area contributed by atoms with Crippen molar-refractivity contribution in [3.63, 3.8) is 0 Å². The molecule has 0 aliphatic rings. The Balaban J connectivity index is 3.51. The predicted octanol–water partition coefficient (Wildman–Crippen LogP) is 1.94. The van der Waals surface area contributed by atoms with Crippen molar-refractivity contribution >= 4 is 0 Å². The average Bonchev–Trinajstić information content (AvgIpc) is 1.63. The highest BCUT2D eigenvalue weighted by atomic mass is 14.6. The molecule has 1 atom stereocenters. The van der Waals surface area contributed by atoms with E-state index in [4.69, 9.17) is 5.73 Å². The van der Waals surface area contributed by atoms with Crippen molar-refractivity contribution in [2.75, 3.05) is 0 Å². The SMILES string of the molecule is C=C(CC(C)C)C(C)N. The lowest BCUT2D eigenvalue weighted by Gasteiger charge is -2.10. The zero-order valence-electron chi connectivity index (χ0n) is 6.65. The molecular formula is C8H17N. The second-order valence-electron chi connectivity index (χ2n) is 3.04. The monoisotopic (exact) mass is 127 g/mol. The van der Waals surface area contributed by atoms with Crippen molar-refractivity contribution in [2.24, 2.45) is 11.7 Å². The van der Waals surface area contributed by atoms with Crippen LogP contribution in [0.2, 0.25) is 0 Å². The van der Waals surface area contributed by atoms with Gasteiger partial charge in [-0.1, -0.05) is 26.0 Å². The molecule has 0 aliphatic heterocycles. The Morgan fingerprint density at radius 1 is 1.44 bits per heavy atom. The molecule has 0 bridgehead atoms. The van der Waals surface area contributed by atoms with Crippen molar-refractivity contribution in [2.45, 2.75) is 33.2 Å². The minimum atomic E-state index is 0.160. The topological polar surface area (TPSA) is 26.0 Å². The summed E-state index contributed by atoms with van der Waals surface area (Å²) in [4.78, 5) is 0. The first-order chi connectivity index (χ1) is 4.04. The van der Waals surface area contributed by atoms with E-state index in [1.807, 2.05) is 6.92 Å². The number of hydrogen-bond acceptors (Lipinski definition) is 1. The van der Waals surface area contributed by atoms with E-state index in [-0.39, 0.29) is 6.04 Å². The first kappa shape index (κ1) is 8.70. The molecule has 0 aliphatic carbocycles. The van der Waals surface area contributed by atoms with Crippen molar-refractivity contribution in [3.8, 4) is 0 Å². The summed E-state index contributed by atoms with van der Waals surface area (Å²) in [6.07, 6.45) is 1.05. The third kappa shape index (κ3) is 4.22. The molecule has 0 saturated heterocycles. The van der Waals surface area contributed by atoms with E-state index in [2.05, 4.69) is 20.4 Å². The molecule has 0 fully saturated rings. The third-order valence-corrected chi connectivity index (χ3v) is 1.31. The lowest BCUT2D eigenvalue weighted by Crippen LogP contribution is -2.18. The van der Waals surface area contributed by atoms with E-state index in [9.17, 15) is 0 Å². The molecule has 1 heteroatoms. The molecule has 0 rings (SSSR count). The maximum absolute atomic E-state index is 5.58. The Bertz CT molecular complexity index is 92.7. The zero-order valence-corrected chi connectivity index (χ0v) is 6.65.